The average molecular weight is 565 g/mol. The van der Waals surface area contributed by atoms with Gasteiger partial charge in [0.15, 0.2) is 0 Å². The normalized spacial score (nSPS) is 11.0. The van der Waals surface area contributed by atoms with Gasteiger partial charge < -0.3 is 15.4 Å². The average Bonchev–Trinajstić information content (AvgIpc) is 2.81. The number of nitro benzene ring substituents is 1. The fourth-order valence-corrected chi connectivity index (χ4v) is 3.58. The fraction of sp³-hybridized carbons (Fsp3) is 0.0435. The molecule has 3 aromatic rings. The first-order valence-electron chi connectivity index (χ1n) is 9.55. The van der Waals surface area contributed by atoms with Gasteiger partial charge in [0.1, 0.15) is 11.4 Å². The largest absolute Gasteiger partial charge is 0.496 e. The molecular weight excluding hydrogens is 549 g/mol. The maximum atomic E-state index is 13.1. The molecule has 0 aliphatic carbocycles. The number of hydrogen-bond donors (Lipinski definition) is 2. The van der Waals surface area contributed by atoms with Gasteiger partial charge in [-0.2, -0.15) is 0 Å². The zero-order valence-corrected chi connectivity index (χ0v) is 20.6. The van der Waals surface area contributed by atoms with E-state index in [1.807, 2.05) is 0 Å². The van der Waals surface area contributed by atoms with Crippen LogP contribution in [0.3, 0.4) is 0 Å². The van der Waals surface area contributed by atoms with E-state index in [1.165, 1.54) is 49.6 Å². The quantitative estimate of drug-likeness (QED) is 0.205. The van der Waals surface area contributed by atoms with Crippen molar-refractivity contribution in [2.75, 3.05) is 12.4 Å². The lowest BCUT2D eigenvalue weighted by Crippen LogP contribution is -2.31. The maximum absolute atomic E-state index is 13.1. The number of ether oxygens (including phenoxy) is 1. The Labute approximate surface area is 212 Å². The van der Waals surface area contributed by atoms with Crippen LogP contribution in [0.1, 0.15) is 15.9 Å². The number of carbonyl (C=O) groups excluding carboxylic acids is 2. The van der Waals surface area contributed by atoms with Gasteiger partial charge in [-0.25, -0.2) is 0 Å². The van der Waals surface area contributed by atoms with E-state index < -0.39 is 16.7 Å². The highest BCUT2D eigenvalue weighted by molar-refractivity contribution is 9.10. The molecule has 3 aromatic carbocycles. The Balaban J connectivity index is 2.01. The van der Waals surface area contributed by atoms with E-state index in [-0.39, 0.29) is 33.4 Å². The van der Waals surface area contributed by atoms with Crippen molar-refractivity contribution in [3.05, 3.63) is 102 Å². The Kier molecular flexibility index (Phi) is 8.27. The molecule has 0 aliphatic rings. The van der Waals surface area contributed by atoms with Gasteiger partial charge in [0.05, 0.1) is 28.3 Å². The fourth-order valence-electron chi connectivity index (χ4n) is 2.88. The van der Waals surface area contributed by atoms with Crippen molar-refractivity contribution in [2.24, 2.45) is 0 Å². The summed E-state index contributed by atoms with van der Waals surface area (Å²) < 4.78 is 5.86. The van der Waals surface area contributed by atoms with Crippen LogP contribution in [0, 0.1) is 10.1 Å². The van der Waals surface area contributed by atoms with Crippen molar-refractivity contribution < 1.29 is 19.2 Å². The van der Waals surface area contributed by atoms with E-state index in [9.17, 15) is 19.7 Å². The van der Waals surface area contributed by atoms with Crippen molar-refractivity contribution >= 4 is 68.4 Å². The first-order chi connectivity index (χ1) is 16.2. The number of halogens is 3. The lowest BCUT2D eigenvalue weighted by atomic mass is 10.1. The van der Waals surface area contributed by atoms with E-state index in [0.717, 1.165) is 0 Å². The second kappa shape index (κ2) is 11.1. The van der Waals surface area contributed by atoms with Crippen molar-refractivity contribution in [2.45, 2.75) is 0 Å². The van der Waals surface area contributed by atoms with Gasteiger partial charge in [0.2, 0.25) is 0 Å². The van der Waals surface area contributed by atoms with Crippen LogP contribution < -0.4 is 15.4 Å². The van der Waals surface area contributed by atoms with Crippen LogP contribution in [0.2, 0.25) is 10.0 Å². The van der Waals surface area contributed by atoms with Crippen LogP contribution in [0.5, 0.6) is 5.75 Å². The van der Waals surface area contributed by atoms with E-state index in [1.54, 1.807) is 24.3 Å². The number of amides is 2. The van der Waals surface area contributed by atoms with Gasteiger partial charge in [0, 0.05) is 21.6 Å². The molecule has 0 heterocycles. The molecule has 0 aliphatic heterocycles. The number of nitrogens with zero attached hydrogens (tertiary/aromatic N) is 1. The summed E-state index contributed by atoms with van der Waals surface area (Å²) in [6, 6.07) is 14.9. The predicted molar refractivity (Wildman–Crippen MR) is 134 cm³/mol. The number of nitrogens with one attached hydrogen (secondary N) is 2. The molecule has 0 unspecified atom stereocenters. The third-order valence-electron chi connectivity index (χ3n) is 4.47. The first-order valence-corrected chi connectivity index (χ1v) is 11.1. The van der Waals surface area contributed by atoms with Gasteiger partial charge in [-0.05, 0) is 48.0 Å². The molecule has 174 valence electrons. The maximum Gasteiger partial charge on any atom is 0.272 e. The van der Waals surface area contributed by atoms with Gasteiger partial charge in [-0.1, -0.05) is 51.3 Å². The number of anilines is 1. The lowest BCUT2D eigenvalue weighted by Gasteiger charge is -2.14. The molecule has 34 heavy (non-hydrogen) atoms. The van der Waals surface area contributed by atoms with E-state index in [0.29, 0.717) is 15.1 Å². The number of benzene rings is 3. The summed E-state index contributed by atoms with van der Waals surface area (Å²) >= 11 is 15.4. The molecular formula is C23H16BrCl2N3O5. The number of hydrogen-bond acceptors (Lipinski definition) is 5. The van der Waals surface area contributed by atoms with Crippen LogP contribution in [-0.4, -0.2) is 23.8 Å². The molecule has 0 spiro atoms. The van der Waals surface area contributed by atoms with Crippen molar-refractivity contribution in [3.8, 4) is 5.75 Å². The molecule has 0 atom stereocenters. The number of rotatable bonds is 7. The van der Waals surface area contributed by atoms with Gasteiger partial charge in [-0.3, -0.25) is 19.7 Å². The van der Waals surface area contributed by atoms with E-state index in [2.05, 4.69) is 26.6 Å². The summed E-state index contributed by atoms with van der Waals surface area (Å²) in [5.41, 5.74) is 0.335. The monoisotopic (exact) mass is 563 g/mol. The van der Waals surface area contributed by atoms with Crippen LogP contribution in [0.25, 0.3) is 6.08 Å². The molecule has 2 N–H and O–H groups in total. The Morgan fingerprint density at radius 2 is 1.85 bits per heavy atom. The minimum atomic E-state index is -0.724. The van der Waals surface area contributed by atoms with Crippen LogP contribution in [-0.2, 0) is 4.79 Å². The summed E-state index contributed by atoms with van der Waals surface area (Å²) in [6.07, 6.45) is 1.31. The van der Waals surface area contributed by atoms with Gasteiger partial charge in [0.25, 0.3) is 17.5 Å². The summed E-state index contributed by atoms with van der Waals surface area (Å²) in [4.78, 5) is 36.7. The zero-order valence-electron chi connectivity index (χ0n) is 17.5. The summed E-state index contributed by atoms with van der Waals surface area (Å²) in [6.45, 7) is 0. The summed E-state index contributed by atoms with van der Waals surface area (Å²) in [7, 11) is 1.41. The molecule has 0 bridgehead atoms. The highest BCUT2D eigenvalue weighted by atomic mass is 79.9. The Hall–Kier alpha value is -3.40. The van der Waals surface area contributed by atoms with Crippen molar-refractivity contribution in [1.82, 2.24) is 5.32 Å². The Morgan fingerprint density at radius 3 is 2.56 bits per heavy atom. The van der Waals surface area contributed by atoms with Gasteiger partial charge in [-0.15, -0.1) is 0 Å². The molecule has 0 aromatic heterocycles. The van der Waals surface area contributed by atoms with Crippen molar-refractivity contribution in [3.63, 3.8) is 0 Å². The summed E-state index contributed by atoms with van der Waals surface area (Å²) in [5.74, 6) is -1.08. The molecule has 3 rings (SSSR count). The van der Waals surface area contributed by atoms with Crippen LogP contribution in [0.15, 0.2) is 70.8 Å². The SMILES string of the molecule is COc1ccc(Br)cc1C(=O)NC(=Cc1cccc([N+](=O)[O-])c1)C(=O)Nc1cc(Cl)ccc1Cl. The number of nitro groups is 1. The Bertz CT molecular complexity index is 1310. The number of non-ortho nitro benzene ring substituents is 1. The third kappa shape index (κ3) is 6.34. The second-order valence-corrected chi connectivity index (χ2v) is 8.55. The minimum Gasteiger partial charge on any atom is -0.496 e. The minimum absolute atomic E-state index is 0.162. The topological polar surface area (TPSA) is 111 Å². The van der Waals surface area contributed by atoms with E-state index in [4.69, 9.17) is 27.9 Å². The molecule has 2 amide bonds. The molecule has 8 nitrogen and oxygen atoms in total. The van der Waals surface area contributed by atoms with E-state index >= 15 is 0 Å². The third-order valence-corrected chi connectivity index (χ3v) is 5.53. The standard InChI is InChI=1S/C23H16BrCl2N3O5/c1-34-21-8-5-14(24)11-17(21)22(30)28-20(10-13-3-2-4-16(9-13)29(32)33)23(31)27-19-12-15(25)6-7-18(19)26/h2-12H,1H3,(H,27,31)(H,28,30). The lowest BCUT2D eigenvalue weighted by molar-refractivity contribution is -0.384. The first kappa shape index (κ1) is 25.2. The second-order valence-electron chi connectivity index (χ2n) is 6.79. The van der Waals surface area contributed by atoms with Gasteiger partial charge >= 0.3 is 0 Å². The highest BCUT2D eigenvalue weighted by Crippen LogP contribution is 2.27. The smallest absolute Gasteiger partial charge is 0.272 e. The molecule has 0 fully saturated rings. The predicted octanol–water partition coefficient (Wildman–Crippen LogP) is 6.08. The van der Waals surface area contributed by atoms with Crippen molar-refractivity contribution in [1.29, 1.82) is 0 Å². The summed E-state index contributed by atoms with van der Waals surface area (Å²) in [5, 5.41) is 16.9. The van der Waals surface area contributed by atoms with Crippen LogP contribution in [0.4, 0.5) is 11.4 Å². The Morgan fingerprint density at radius 1 is 1.09 bits per heavy atom. The number of methoxy groups -OCH3 is 1. The molecule has 0 radical (unpaired) electrons. The zero-order chi connectivity index (χ0) is 24.8. The molecule has 11 heteroatoms. The molecule has 0 saturated carbocycles. The molecule has 0 saturated heterocycles. The number of carbonyl (C=O) groups is 2. The highest BCUT2D eigenvalue weighted by Gasteiger charge is 2.19. The van der Waals surface area contributed by atoms with Crippen LogP contribution >= 0.6 is 39.1 Å².